The molecule has 0 amide bonds. The minimum atomic E-state index is 0.0417. The predicted molar refractivity (Wildman–Crippen MR) is 50.3 cm³/mol. The predicted octanol–water partition coefficient (Wildman–Crippen LogP) is 2.09. The van der Waals surface area contributed by atoms with Gasteiger partial charge >= 0.3 is 0 Å². The van der Waals surface area contributed by atoms with Gasteiger partial charge in [0.1, 0.15) is 5.69 Å². The van der Waals surface area contributed by atoms with Crippen molar-refractivity contribution in [2.24, 2.45) is 4.99 Å². The number of nitrogens with two attached hydrogens (primary N) is 1. The number of anilines is 1. The molecule has 12 heavy (non-hydrogen) atoms. The van der Waals surface area contributed by atoms with Crippen LogP contribution in [0.4, 0.5) is 11.6 Å². The van der Waals surface area contributed by atoms with Crippen molar-refractivity contribution in [3.05, 3.63) is 10.3 Å². The molecule has 1 heterocycles. The first-order chi connectivity index (χ1) is 5.65. The molecule has 64 valence electrons. The number of aromatic nitrogens is 2. The number of halogens is 2. The van der Waals surface area contributed by atoms with Gasteiger partial charge < -0.3 is 5.73 Å². The molecule has 0 aliphatic rings. The number of rotatable bonds is 1. The third-order valence-electron chi connectivity index (χ3n) is 1.07. The van der Waals surface area contributed by atoms with E-state index in [0.717, 1.165) is 0 Å². The highest BCUT2D eigenvalue weighted by Crippen LogP contribution is 2.29. The second-order valence-corrected chi connectivity index (χ2v) is 2.62. The van der Waals surface area contributed by atoms with Crippen LogP contribution in [-0.2, 0) is 0 Å². The van der Waals surface area contributed by atoms with Crippen LogP contribution in [0.25, 0.3) is 0 Å². The van der Waals surface area contributed by atoms with E-state index in [0.29, 0.717) is 5.69 Å². The third kappa shape index (κ3) is 1.84. The Kier molecular flexibility index (Phi) is 2.83. The highest BCUT2D eigenvalue weighted by Gasteiger charge is 2.07. The van der Waals surface area contributed by atoms with E-state index in [-0.39, 0.29) is 16.3 Å². The van der Waals surface area contributed by atoms with Crippen molar-refractivity contribution in [2.45, 2.75) is 6.92 Å². The molecule has 0 atom stereocenters. The van der Waals surface area contributed by atoms with Crippen molar-refractivity contribution in [1.29, 1.82) is 0 Å². The van der Waals surface area contributed by atoms with E-state index in [4.69, 9.17) is 28.9 Å². The van der Waals surface area contributed by atoms with E-state index in [1.54, 1.807) is 13.1 Å². The first-order valence-corrected chi connectivity index (χ1v) is 3.88. The SMILES string of the molecule is CC=Nc1c(Cl)nc(N)nc1Cl. The zero-order valence-electron chi connectivity index (χ0n) is 6.25. The molecule has 0 radical (unpaired) electrons. The van der Waals surface area contributed by atoms with Gasteiger partial charge in [0.2, 0.25) is 5.95 Å². The normalized spacial score (nSPS) is 10.9. The summed E-state index contributed by atoms with van der Waals surface area (Å²) in [5.74, 6) is 0.0417. The minimum absolute atomic E-state index is 0.0417. The summed E-state index contributed by atoms with van der Waals surface area (Å²) < 4.78 is 0. The van der Waals surface area contributed by atoms with Crippen LogP contribution in [0.5, 0.6) is 0 Å². The maximum atomic E-state index is 5.68. The van der Waals surface area contributed by atoms with Crippen LogP contribution in [0.2, 0.25) is 10.3 Å². The highest BCUT2D eigenvalue weighted by molar-refractivity contribution is 6.37. The molecule has 0 fully saturated rings. The smallest absolute Gasteiger partial charge is 0.223 e. The Morgan fingerprint density at radius 3 is 2.25 bits per heavy atom. The second kappa shape index (κ2) is 3.69. The van der Waals surface area contributed by atoms with Crippen LogP contribution in [0.1, 0.15) is 6.92 Å². The van der Waals surface area contributed by atoms with Gasteiger partial charge in [0.05, 0.1) is 0 Å². The van der Waals surface area contributed by atoms with Crippen LogP contribution in [0, 0.1) is 0 Å². The van der Waals surface area contributed by atoms with Gasteiger partial charge in [-0.3, -0.25) is 4.99 Å². The average molecular weight is 205 g/mol. The molecule has 0 saturated carbocycles. The van der Waals surface area contributed by atoms with Crippen LogP contribution >= 0.6 is 23.2 Å². The lowest BCUT2D eigenvalue weighted by Crippen LogP contribution is -1.95. The molecule has 2 N–H and O–H groups in total. The first kappa shape index (κ1) is 9.22. The Balaban J connectivity index is 3.28. The van der Waals surface area contributed by atoms with Crippen LogP contribution in [0.15, 0.2) is 4.99 Å². The highest BCUT2D eigenvalue weighted by atomic mass is 35.5. The van der Waals surface area contributed by atoms with Gasteiger partial charge in [-0.25, -0.2) is 0 Å². The number of hydrogen-bond acceptors (Lipinski definition) is 4. The number of hydrogen-bond donors (Lipinski definition) is 1. The topological polar surface area (TPSA) is 64.2 Å². The van der Waals surface area contributed by atoms with E-state index < -0.39 is 0 Å². The zero-order valence-corrected chi connectivity index (χ0v) is 7.76. The summed E-state index contributed by atoms with van der Waals surface area (Å²) in [6, 6.07) is 0. The van der Waals surface area contributed by atoms with E-state index in [1.807, 2.05) is 0 Å². The molecule has 1 aromatic heterocycles. The van der Waals surface area contributed by atoms with Gasteiger partial charge in [-0.2, -0.15) is 9.97 Å². The fourth-order valence-corrected chi connectivity index (χ4v) is 1.15. The minimum Gasteiger partial charge on any atom is -0.368 e. The maximum Gasteiger partial charge on any atom is 0.223 e. The van der Waals surface area contributed by atoms with E-state index in [1.165, 1.54) is 0 Å². The van der Waals surface area contributed by atoms with Gasteiger partial charge in [0, 0.05) is 6.21 Å². The van der Waals surface area contributed by atoms with Crippen molar-refractivity contribution in [3.63, 3.8) is 0 Å². The Morgan fingerprint density at radius 1 is 1.33 bits per heavy atom. The third-order valence-corrected chi connectivity index (χ3v) is 1.60. The van der Waals surface area contributed by atoms with Crippen molar-refractivity contribution in [2.75, 3.05) is 5.73 Å². The van der Waals surface area contributed by atoms with Crippen molar-refractivity contribution in [3.8, 4) is 0 Å². The van der Waals surface area contributed by atoms with Crippen LogP contribution < -0.4 is 5.73 Å². The van der Waals surface area contributed by atoms with Gasteiger partial charge in [-0.1, -0.05) is 23.2 Å². The molecule has 0 unspecified atom stereocenters. The summed E-state index contributed by atoms with van der Waals surface area (Å²) in [5.41, 5.74) is 5.62. The molecule has 6 heteroatoms. The monoisotopic (exact) mass is 204 g/mol. The lowest BCUT2D eigenvalue weighted by Gasteiger charge is -1.99. The van der Waals surface area contributed by atoms with Gasteiger partial charge in [0.15, 0.2) is 10.3 Å². The number of aliphatic imine (C=N–C) groups is 1. The molecule has 0 bridgehead atoms. The Morgan fingerprint density at radius 2 is 1.83 bits per heavy atom. The fourth-order valence-electron chi connectivity index (χ4n) is 0.653. The molecule has 0 spiro atoms. The average Bonchev–Trinajstić information content (AvgIpc) is 1.96. The molecule has 0 aliphatic carbocycles. The fraction of sp³-hybridized carbons (Fsp3) is 0.167. The standard InChI is InChI=1S/C6H6Cl2N4/c1-2-10-3-4(7)11-6(9)12-5(3)8/h2H,1H3,(H2,9,11,12). The van der Waals surface area contributed by atoms with Crippen LogP contribution in [0.3, 0.4) is 0 Å². The molecule has 1 rings (SSSR count). The van der Waals surface area contributed by atoms with Crippen molar-refractivity contribution < 1.29 is 0 Å². The van der Waals surface area contributed by atoms with Gasteiger partial charge in [-0.15, -0.1) is 0 Å². The lowest BCUT2D eigenvalue weighted by molar-refractivity contribution is 1.18. The van der Waals surface area contributed by atoms with E-state index in [2.05, 4.69) is 15.0 Å². The maximum absolute atomic E-state index is 5.68. The summed E-state index contributed by atoms with van der Waals surface area (Å²) >= 11 is 11.4. The molecule has 0 aliphatic heterocycles. The zero-order chi connectivity index (χ0) is 9.14. The summed E-state index contributed by atoms with van der Waals surface area (Å²) in [5, 5.41) is 0.316. The number of nitrogen functional groups attached to an aromatic ring is 1. The first-order valence-electron chi connectivity index (χ1n) is 3.12. The number of nitrogens with zero attached hydrogens (tertiary/aromatic N) is 3. The van der Waals surface area contributed by atoms with Crippen molar-refractivity contribution in [1.82, 2.24) is 9.97 Å². The second-order valence-electron chi connectivity index (χ2n) is 1.90. The molecule has 0 aromatic carbocycles. The quantitative estimate of drug-likeness (QED) is 0.563. The molecular weight excluding hydrogens is 199 g/mol. The van der Waals surface area contributed by atoms with E-state index >= 15 is 0 Å². The Bertz CT molecular complexity index is 300. The molecule has 0 saturated heterocycles. The van der Waals surface area contributed by atoms with Crippen molar-refractivity contribution >= 4 is 41.1 Å². The van der Waals surface area contributed by atoms with Gasteiger partial charge in [-0.05, 0) is 6.92 Å². The summed E-state index contributed by atoms with van der Waals surface area (Å²) in [4.78, 5) is 11.3. The van der Waals surface area contributed by atoms with Gasteiger partial charge in [0.25, 0.3) is 0 Å². The molecular formula is C6H6Cl2N4. The molecule has 4 nitrogen and oxygen atoms in total. The Labute approximate surface area is 79.4 Å². The summed E-state index contributed by atoms with van der Waals surface area (Å²) in [7, 11) is 0. The van der Waals surface area contributed by atoms with Crippen LogP contribution in [-0.4, -0.2) is 16.2 Å². The summed E-state index contributed by atoms with van der Waals surface area (Å²) in [6.07, 6.45) is 1.55. The molecule has 1 aromatic rings. The largest absolute Gasteiger partial charge is 0.368 e. The van der Waals surface area contributed by atoms with E-state index in [9.17, 15) is 0 Å². The Hall–Kier alpha value is -0.870. The lowest BCUT2D eigenvalue weighted by atomic mass is 10.5. The summed E-state index contributed by atoms with van der Waals surface area (Å²) in [6.45, 7) is 1.74.